The maximum Gasteiger partial charge on any atom is 0.230 e. The number of nitrogens with zero attached hydrogens (tertiary/aromatic N) is 2. The van der Waals surface area contributed by atoms with Gasteiger partial charge in [-0.15, -0.1) is 24.0 Å². The lowest BCUT2D eigenvalue weighted by atomic mass is 9.85. The standard InChI is InChI=1S/C16H32N4O.HI/c1-6-13(3)19-15(17-7-2)18-12-16(10-8-9-11-16)14(21)20(4)5;/h13H,6-12H2,1-5H3,(H2,17,18,19);1H. The summed E-state index contributed by atoms with van der Waals surface area (Å²) in [5.74, 6) is 1.05. The second kappa shape index (κ2) is 10.3. The molecule has 0 aromatic rings. The van der Waals surface area contributed by atoms with Crippen molar-refractivity contribution in [3.05, 3.63) is 0 Å². The number of hydrogen-bond acceptors (Lipinski definition) is 2. The average Bonchev–Trinajstić information content (AvgIpc) is 2.93. The predicted molar refractivity (Wildman–Crippen MR) is 104 cm³/mol. The molecule has 1 fully saturated rings. The van der Waals surface area contributed by atoms with Gasteiger partial charge in [0.25, 0.3) is 0 Å². The van der Waals surface area contributed by atoms with E-state index in [1.165, 1.54) is 0 Å². The highest BCUT2D eigenvalue weighted by Crippen LogP contribution is 2.39. The van der Waals surface area contributed by atoms with Crippen LogP contribution in [0.1, 0.15) is 52.9 Å². The van der Waals surface area contributed by atoms with E-state index in [0.717, 1.165) is 44.6 Å². The Hall–Kier alpha value is -0.530. The fourth-order valence-corrected chi connectivity index (χ4v) is 2.85. The first-order chi connectivity index (χ1) is 9.95. The van der Waals surface area contributed by atoms with Gasteiger partial charge in [-0.1, -0.05) is 19.8 Å². The zero-order chi connectivity index (χ0) is 15.9. The minimum absolute atomic E-state index is 0. The lowest BCUT2D eigenvalue weighted by Gasteiger charge is -2.29. The Morgan fingerprint density at radius 3 is 2.32 bits per heavy atom. The SMILES string of the molecule is CCNC(=NCC1(C(=O)N(C)C)CCCC1)NC(C)CC.I. The molecule has 0 bridgehead atoms. The summed E-state index contributed by atoms with van der Waals surface area (Å²) in [5.41, 5.74) is -0.290. The highest BCUT2D eigenvalue weighted by Gasteiger charge is 2.42. The van der Waals surface area contributed by atoms with Crippen molar-refractivity contribution in [1.29, 1.82) is 0 Å². The normalized spacial score (nSPS) is 18.3. The predicted octanol–water partition coefficient (Wildman–Crippen LogP) is 2.61. The smallest absolute Gasteiger partial charge is 0.230 e. The van der Waals surface area contributed by atoms with E-state index in [0.29, 0.717) is 12.6 Å². The molecule has 0 radical (unpaired) electrons. The molecule has 22 heavy (non-hydrogen) atoms. The van der Waals surface area contributed by atoms with Crippen LogP contribution >= 0.6 is 24.0 Å². The molecule has 5 nitrogen and oxygen atoms in total. The minimum Gasteiger partial charge on any atom is -0.357 e. The molecule has 130 valence electrons. The lowest BCUT2D eigenvalue weighted by molar-refractivity contribution is -0.138. The van der Waals surface area contributed by atoms with Gasteiger partial charge in [0, 0.05) is 26.7 Å². The van der Waals surface area contributed by atoms with E-state index in [1.807, 2.05) is 14.1 Å². The van der Waals surface area contributed by atoms with Crippen molar-refractivity contribution in [3.8, 4) is 0 Å². The zero-order valence-corrected chi connectivity index (χ0v) is 17.1. The topological polar surface area (TPSA) is 56.7 Å². The number of rotatable bonds is 6. The van der Waals surface area contributed by atoms with Crippen LogP contribution in [-0.2, 0) is 4.79 Å². The van der Waals surface area contributed by atoms with E-state index in [2.05, 4.69) is 31.4 Å². The number of hydrogen-bond donors (Lipinski definition) is 2. The van der Waals surface area contributed by atoms with Crippen LogP contribution in [0.15, 0.2) is 4.99 Å². The summed E-state index contributed by atoms with van der Waals surface area (Å²) in [6, 6.07) is 0.381. The fraction of sp³-hybridized carbons (Fsp3) is 0.875. The maximum absolute atomic E-state index is 12.5. The third-order valence-corrected chi connectivity index (χ3v) is 4.30. The van der Waals surface area contributed by atoms with Crippen molar-refractivity contribution in [1.82, 2.24) is 15.5 Å². The van der Waals surface area contributed by atoms with Crippen molar-refractivity contribution >= 4 is 35.8 Å². The van der Waals surface area contributed by atoms with E-state index in [9.17, 15) is 4.79 Å². The van der Waals surface area contributed by atoms with E-state index in [-0.39, 0.29) is 35.3 Å². The van der Waals surface area contributed by atoms with Crippen molar-refractivity contribution in [2.75, 3.05) is 27.2 Å². The number of aliphatic imine (C=N–C) groups is 1. The molecule has 1 amide bonds. The molecular weight excluding hydrogens is 391 g/mol. The van der Waals surface area contributed by atoms with Gasteiger partial charge in [-0.2, -0.15) is 0 Å². The first-order valence-electron chi connectivity index (χ1n) is 8.21. The summed E-state index contributed by atoms with van der Waals surface area (Å²) in [6.45, 7) is 7.76. The zero-order valence-electron chi connectivity index (χ0n) is 14.7. The van der Waals surface area contributed by atoms with Crippen molar-refractivity contribution < 1.29 is 4.79 Å². The van der Waals surface area contributed by atoms with E-state index in [4.69, 9.17) is 4.99 Å². The summed E-state index contributed by atoms with van der Waals surface area (Å²) in [7, 11) is 3.68. The molecule has 1 rings (SSSR count). The van der Waals surface area contributed by atoms with E-state index in [1.54, 1.807) is 4.90 Å². The number of halogens is 1. The molecule has 2 N–H and O–H groups in total. The van der Waals surface area contributed by atoms with Crippen LogP contribution in [0.4, 0.5) is 0 Å². The molecule has 0 aliphatic heterocycles. The molecule has 1 aliphatic carbocycles. The quantitative estimate of drug-likeness (QED) is 0.392. The molecule has 0 spiro atoms. The lowest BCUT2D eigenvalue weighted by Crippen LogP contribution is -2.44. The third-order valence-electron chi connectivity index (χ3n) is 4.30. The van der Waals surface area contributed by atoms with Crippen LogP contribution in [0.25, 0.3) is 0 Å². The van der Waals surface area contributed by atoms with Crippen LogP contribution in [0.5, 0.6) is 0 Å². The highest BCUT2D eigenvalue weighted by molar-refractivity contribution is 14.0. The molecular formula is C16H33IN4O. The Bertz CT molecular complexity index is 365. The summed E-state index contributed by atoms with van der Waals surface area (Å²) in [4.78, 5) is 19.0. The van der Waals surface area contributed by atoms with Gasteiger partial charge in [-0.05, 0) is 33.1 Å². The van der Waals surface area contributed by atoms with Crippen molar-refractivity contribution in [2.45, 2.75) is 58.9 Å². The van der Waals surface area contributed by atoms with Gasteiger partial charge in [0.15, 0.2) is 5.96 Å². The number of amides is 1. The van der Waals surface area contributed by atoms with Gasteiger partial charge in [0.05, 0.1) is 12.0 Å². The van der Waals surface area contributed by atoms with Gasteiger partial charge >= 0.3 is 0 Å². The fourth-order valence-electron chi connectivity index (χ4n) is 2.85. The molecule has 0 aromatic heterocycles. The Kier molecular flexibility index (Phi) is 10.0. The van der Waals surface area contributed by atoms with E-state index >= 15 is 0 Å². The molecule has 1 saturated carbocycles. The van der Waals surface area contributed by atoms with Gasteiger partial charge in [0.1, 0.15) is 0 Å². The average molecular weight is 424 g/mol. The summed E-state index contributed by atoms with van der Waals surface area (Å²) in [6.07, 6.45) is 5.22. The third kappa shape index (κ3) is 5.93. The van der Waals surface area contributed by atoms with Gasteiger partial charge < -0.3 is 15.5 Å². The molecule has 0 heterocycles. The molecule has 0 saturated heterocycles. The highest BCUT2D eigenvalue weighted by atomic mass is 127. The van der Waals surface area contributed by atoms with E-state index < -0.39 is 0 Å². The maximum atomic E-state index is 12.5. The number of carbonyl (C=O) groups is 1. The second-order valence-corrected chi connectivity index (χ2v) is 6.34. The number of nitrogens with one attached hydrogen (secondary N) is 2. The largest absolute Gasteiger partial charge is 0.357 e. The number of guanidine groups is 1. The Morgan fingerprint density at radius 2 is 1.86 bits per heavy atom. The molecule has 0 aromatic carbocycles. The first kappa shape index (κ1) is 21.5. The second-order valence-electron chi connectivity index (χ2n) is 6.34. The van der Waals surface area contributed by atoms with Gasteiger partial charge in [0.2, 0.25) is 5.91 Å². The van der Waals surface area contributed by atoms with Crippen LogP contribution in [0.3, 0.4) is 0 Å². The van der Waals surface area contributed by atoms with Crippen LogP contribution < -0.4 is 10.6 Å². The van der Waals surface area contributed by atoms with Crippen LogP contribution in [0.2, 0.25) is 0 Å². The summed E-state index contributed by atoms with van der Waals surface area (Å²) in [5, 5.41) is 6.66. The van der Waals surface area contributed by atoms with Crippen LogP contribution in [-0.4, -0.2) is 50.0 Å². The Morgan fingerprint density at radius 1 is 1.27 bits per heavy atom. The Labute approximate surface area is 152 Å². The minimum atomic E-state index is -0.290. The molecule has 1 aliphatic rings. The Balaban J connectivity index is 0.00000441. The molecule has 1 atom stereocenters. The first-order valence-corrected chi connectivity index (χ1v) is 8.21. The molecule has 1 unspecified atom stereocenters. The van der Waals surface area contributed by atoms with Gasteiger partial charge in [-0.25, -0.2) is 0 Å². The summed E-state index contributed by atoms with van der Waals surface area (Å²) < 4.78 is 0. The van der Waals surface area contributed by atoms with Gasteiger partial charge in [-0.3, -0.25) is 9.79 Å². The van der Waals surface area contributed by atoms with Crippen molar-refractivity contribution in [3.63, 3.8) is 0 Å². The monoisotopic (exact) mass is 424 g/mol. The summed E-state index contributed by atoms with van der Waals surface area (Å²) >= 11 is 0. The number of carbonyl (C=O) groups excluding carboxylic acids is 1. The van der Waals surface area contributed by atoms with Crippen molar-refractivity contribution in [2.24, 2.45) is 10.4 Å². The molecule has 6 heteroatoms. The van der Waals surface area contributed by atoms with Crippen LogP contribution in [0, 0.1) is 5.41 Å².